The molecule has 2 N–H and O–H groups in total. The average Bonchev–Trinajstić information content (AvgIpc) is 2.84. The second-order valence-electron chi connectivity index (χ2n) is 5.39. The van der Waals surface area contributed by atoms with E-state index in [-0.39, 0.29) is 19.1 Å². The largest absolute Gasteiger partial charge is 0.482 e. The number of ether oxygens (including phenoxy) is 1. The molecule has 2 aromatic rings. The summed E-state index contributed by atoms with van der Waals surface area (Å²) < 4.78 is 6.97. The number of nitrogens with zero attached hydrogens (tertiary/aromatic N) is 3. The SMILES string of the molecule is Cc1nn(C)c(C)c1NC(=O)CNC(=O)COc1ccccc1C#N. The summed E-state index contributed by atoms with van der Waals surface area (Å²) >= 11 is 0. The summed E-state index contributed by atoms with van der Waals surface area (Å²) in [7, 11) is 1.79. The van der Waals surface area contributed by atoms with Gasteiger partial charge in [0.1, 0.15) is 11.8 Å². The first-order chi connectivity index (χ1) is 11.9. The summed E-state index contributed by atoms with van der Waals surface area (Å²) in [5.41, 5.74) is 2.52. The molecular weight excluding hydrogens is 322 g/mol. The van der Waals surface area contributed by atoms with E-state index in [2.05, 4.69) is 15.7 Å². The first kappa shape index (κ1) is 18.0. The number of anilines is 1. The van der Waals surface area contributed by atoms with Crippen molar-refractivity contribution in [3.05, 3.63) is 41.2 Å². The van der Waals surface area contributed by atoms with Crippen LogP contribution in [0, 0.1) is 25.2 Å². The third-order valence-electron chi connectivity index (χ3n) is 3.59. The van der Waals surface area contributed by atoms with Crippen LogP contribution in [-0.2, 0) is 16.6 Å². The van der Waals surface area contributed by atoms with E-state index in [9.17, 15) is 9.59 Å². The number of aromatic nitrogens is 2. The first-order valence-corrected chi connectivity index (χ1v) is 7.61. The normalized spacial score (nSPS) is 10.0. The van der Waals surface area contributed by atoms with Crippen LogP contribution in [0.15, 0.2) is 24.3 Å². The molecule has 0 atom stereocenters. The molecule has 2 rings (SSSR count). The van der Waals surface area contributed by atoms with E-state index in [0.29, 0.717) is 22.7 Å². The smallest absolute Gasteiger partial charge is 0.258 e. The average molecular weight is 341 g/mol. The van der Waals surface area contributed by atoms with Crippen LogP contribution in [-0.4, -0.2) is 34.7 Å². The van der Waals surface area contributed by atoms with Crippen molar-refractivity contribution in [2.75, 3.05) is 18.5 Å². The third kappa shape index (κ3) is 4.57. The minimum absolute atomic E-state index is 0.185. The molecule has 0 fully saturated rings. The number of hydrogen-bond donors (Lipinski definition) is 2. The second kappa shape index (κ2) is 7.97. The van der Waals surface area contributed by atoms with Gasteiger partial charge < -0.3 is 15.4 Å². The Balaban J connectivity index is 1.82. The molecule has 8 nitrogen and oxygen atoms in total. The zero-order valence-corrected chi connectivity index (χ0v) is 14.3. The van der Waals surface area contributed by atoms with Crippen LogP contribution < -0.4 is 15.4 Å². The molecule has 0 aliphatic heterocycles. The monoisotopic (exact) mass is 341 g/mol. The van der Waals surface area contributed by atoms with E-state index in [1.807, 2.05) is 13.0 Å². The number of carbonyl (C=O) groups excluding carboxylic acids is 2. The van der Waals surface area contributed by atoms with Gasteiger partial charge >= 0.3 is 0 Å². The Morgan fingerprint density at radius 1 is 1.28 bits per heavy atom. The van der Waals surface area contributed by atoms with Crippen LogP contribution in [0.4, 0.5) is 5.69 Å². The molecule has 0 aliphatic carbocycles. The van der Waals surface area contributed by atoms with E-state index in [4.69, 9.17) is 10.00 Å². The number of hydrogen-bond acceptors (Lipinski definition) is 5. The van der Waals surface area contributed by atoms with E-state index >= 15 is 0 Å². The van der Waals surface area contributed by atoms with Crippen molar-refractivity contribution in [3.8, 4) is 11.8 Å². The topological polar surface area (TPSA) is 109 Å². The van der Waals surface area contributed by atoms with Crippen LogP contribution in [0.25, 0.3) is 0 Å². The van der Waals surface area contributed by atoms with Crippen molar-refractivity contribution in [2.24, 2.45) is 7.05 Å². The van der Waals surface area contributed by atoms with Crippen molar-refractivity contribution in [3.63, 3.8) is 0 Å². The lowest BCUT2D eigenvalue weighted by molar-refractivity contribution is -0.125. The molecule has 2 amide bonds. The number of amides is 2. The Morgan fingerprint density at radius 2 is 2.00 bits per heavy atom. The Kier molecular flexibility index (Phi) is 5.74. The maximum atomic E-state index is 12.0. The van der Waals surface area contributed by atoms with Gasteiger partial charge in [0.05, 0.1) is 29.2 Å². The molecule has 25 heavy (non-hydrogen) atoms. The number of aryl methyl sites for hydroxylation is 2. The predicted molar refractivity (Wildman–Crippen MR) is 91.0 cm³/mol. The first-order valence-electron chi connectivity index (χ1n) is 7.61. The van der Waals surface area contributed by atoms with E-state index in [1.165, 1.54) is 0 Å². The summed E-state index contributed by atoms with van der Waals surface area (Å²) in [6.45, 7) is 3.17. The van der Waals surface area contributed by atoms with Gasteiger partial charge in [-0.25, -0.2) is 0 Å². The summed E-state index contributed by atoms with van der Waals surface area (Å²) in [6.07, 6.45) is 0. The van der Waals surface area contributed by atoms with Crippen molar-refractivity contribution in [1.29, 1.82) is 5.26 Å². The van der Waals surface area contributed by atoms with Gasteiger partial charge in [-0.15, -0.1) is 0 Å². The molecule has 1 heterocycles. The number of carbonyl (C=O) groups is 2. The van der Waals surface area contributed by atoms with Crippen LogP contribution in [0.2, 0.25) is 0 Å². The Morgan fingerprint density at radius 3 is 2.64 bits per heavy atom. The second-order valence-corrected chi connectivity index (χ2v) is 5.39. The van der Waals surface area contributed by atoms with Gasteiger partial charge in [-0.05, 0) is 26.0 Å². The van der Waals surface area contributed by atoms with Crippen LogP contribution in [0.5, 0.6) is 5.75 Å². The molecule has 0 saturated carbocycles. The fourth-order valence-corrected chi connectivity index (χ4v) is 2.20. The van der Waals surface area contributed by atoms with Crippen LogP contribution >= 0.6 is 0 Å². The minimum atomic E-state index is -0.456. The maximum absolute atomic E-state index is 12.0. The highest BCUT2D eigenvalue weighted by molar-refractivity contribution is 5.95. The number of nitriles is 1. The number of para-hydroxylation sites is 1. The molecule has 0 aliphatic rings. The van der Waals surface area contributed by atoms with E-state index in [1.54, 1.807) is 42.9 Å². The summed E-state index contributed by atoms with van der Waals surface area (Å²) in [4.78, 5) is 23.8. The molecule has 8 heteroatoms. The number of benzene rings is 1. The maximum Gasteiger partial charge on any atom is 0.258 e. The highest BCUT2D eigenvalue weighted by Gasteiger charge is 2.13. The molecule has 0 bridgehead atoms. The number of rotatable bonds is 6. The fraction of sp³-hybridized carbons (Fsp3) is 0.294. The van der Waals surface area contributed by atoms with Crippen molar-refractivity contribution in [2.45, 2.75) is 13.8 Å². The highest BCUT2D eigenvalue weighted by atomic mass is 16.5. The van der Waals surface area contributed by atoms with Gasteiger partial charge in [-0.3, -0.25) is 14.3 Å². The van der Waals surface area contributed by atoms with Crippen LogP contribution in [0.3, 0.4) is 0 Å². The minimum Gasteiger partial charge on any atom is -0.482 e. The molecule has 1 aromatic heterocycles. The van der Waals surface area contributed by atoms with E-state index < -0.39 is 5.91 Å². The summed E-state index contributed by atoms with van der Waals surface area (Å²) in [5.74, 6) is -0.487. The third-order valence-corrected chi connectivity index (χ3v) is 3.59. The van der Waals surface area contributed by atoms with Gasteiger partial charge in [0, 0.05) is 7.05 Å². The lowest BCUT2D eigenvalue weighted by Crippen LogP contribution is -2.36. The highest BCUT2D eigenvalue weighted by Crippen LogP contribution is 2.18. The van der Waals surface area contributed by atoms with Gasteiger partial charge in [0.25, 0.3) is 5.91 Å². The zero-order valence-electron chi connectivity index (χ0n) is 14.3. The Hall–Kier alpha value is -3.34. The predicted octanol–water partition coefficient (Wildman–Crippen LogP) is 1.04. The Bertz CT molecular complexity index is 835. The molecule has 0 spiro atoms. The summed E-state index contributed by atoms with van der Waals surface area (Å²) in [6, 6.07) is 8.60. The van der Waals surface area contributed by atoms with Crippen molar-refractivity contribution >= 4 is 17.5 Å². The van der Waals surface area contributed by atoms with Crippen molar-refractivity contribution in [1.82, 2.24) is 15.1 Å². The standard InChI is InChI=1S/C17H19N5O3/c1-11-17(12(2)22(3)21-11)20-15(23)9-19-16(24)10-25-14-7-5-4-6-13(14)8-18/h4-7H,9-10H2,1-3H3,(H,19,24)(H,20,23). The molecule has 1 aromatic carbocycles. The lowest BCUT2D eigenvalue weighted by atomic mass is 10.2. The van der Waals surface area contributed by atoms with E-state index in [0.717, 1.165) is 5.69 Å². The van der Waals surface area contributed by atoms with Crippen molar-refractivity contribution < 1.29 is 14.3 Å². The molecule has 0 radical (unpaired) electrons. The van der Waals surface area contributed by atoms with Crippen LogP contribution in [0.1, 0.15) is 17.0 Å². The lowest BCUT2D eigenvalue weighted by Gasteiger charge is -2.09. The molecular formula is C17H19N5O3. The molecule has 0 saturated heterocycles. The molecule has 130 valence electrons. The number of nitrogens with one attached hydrogen (secondary N) is 2. The summed E-state index contributed by atoms with van der Waals surface area (Å²) in [5, 5.41) is 18.4. The quantitative estimate of drug-likeness (QED) is 0.816. The zero-order chi connectivity index (χ0) is 18.4. The van der Waals surface area contributed by atoms with Gasteiger partial charge in [0.2, 0.25) is 5.91 Å². The van der Waals surface area contributed by atoms with Gasteiger partial charge in [-0.1, -0.05) is 12.1 Å². The van der Waals surface area contributed by atoms with Gasteiger partial charge in [-0.2, -0.15) is 10.4 Å². The van der Waals surface area contributed by atoms with Gasteiger partial charge in [0.15, 0.2) is 6.61 Å². The molecule has 0 unspecified atom stereocenters. The Labute approximate surface area is 145 Å². The fourth-order valence-electron chi connectivity index (χ4n) is 2.20.